The largest absolute Gasteiger partial charge is 0.497 e. The molecule has 2 heterocycles. The average molecular weight is 373 g/mol. The molecule has 26 heavy (non-hydrogen) atoms. The molecule has 0 radical (unpaired) electrons. The van der Waals surface area contributed by atoms with Crippen LogP contribution in [0.5, 0.6) is 5.75 Å². The summed E-state index contributed by atoms with van der Waals surface area (Å²) in [7, 11) is 1.69. The maximum atomic E-state index is 11.0. The number of hydrogen-bond acceptors (Lipinski definition) is 5. The quantitative estimate of drug-likeness (QED) is 0.855. The molecule has 4 nitrogen and oxygen atoms in total. The molecule has 2 fully saturated rings. The van der Waals surface area contributed by atoms with Crippen LogP contribution in [0.15, 0.2) is 30.5 Å². The summed E-state index contributed by atoms with van der Waals surface area (Å²) in [6.07, 6.45) is 6.29. The van der Waals surface area contributed by atoms with Gasteiger partial charge in [0.2, 0.25) is 0 Å². The lowest BCUT2D eigenvalue weighted by molar-refractivity contribution is -0.0613. The lowest BCUT2D eigenvalue weighted by atomic mass is 9.69. The highest BCUT2D eigenvalue weighted by Crippen LogP contribution is 2.44. The number of likely N-dealkylation sites (tertiary alicyclic amines) is 1. The maximum absolute atomic E-state index is 11.0. The van der Waals surface area contributed by atoms with Crippen molar-refractivity contribution in [1.29, 1.82) is 0 Å². The number of benzene rings is 1. The van der Waals surface area contributed by atoms with E-state index in [4.69, 9.17) is 4.74 Å². The number of ether oxygens (including phenoxy) is 1. The first-order valence-electron chi connectivity index (χ1n) is 9.65. The normalized spacial score (nSPS) is 28.9. The summed E-state index contributed by atoms with van der Waals surface area (Å²) in [6.45, 7) is 5.20. The summed E-state index contributed by atoms with van der Waals surface area (Å²) >= 11 is 1.76. The number of nitrogens with zero attached hydrogens (tertiary/aromatic N) is 2. The van der Waals surface area contributed by atoms with Gasteiger partial charge in [0.25, 0.3) is 0 Å². The van der Waals surface area contributed by atoms with E-state index >= 15 is 0 Å². The summed E-state index contributed by atoms with van der Waals surface area (Å²) < 4.78 is 5.32. The Morgan fingerprint density at radius 2 is 2.27 bits per heavy atom. The Hall–Kier alpha value is -1.43. The fourth-order valence-electron chi connectivity index (χ4n) is 4.78. The molecule has 1 N–H and O–H groups in total. The second-order valence-corrected chi connectivity index (χ2v) is 8.89. The zero-order chi connectivity index (χ0) is 18.1. The first kappa shape index (κ1) is 18.0. The van der Waals surface area contributed by atoms with Crippen molar-refractivity contribution in [3.63, 3.8) is 0 Å². The van der Waals surface area contributed by atoms with E-state index in [0.717, 1.165) is 48.8 Å². The molecular formula is C21H28N2O2S. The van der Waals surface area contributed by atoms with Crippen LogP contribution in [0.4, 0.5) is 0 Å². The number of aromatic nitrogens is 1. The second-order valence-electron chi connectivity index (χ2n) is 7.77. The standard InChI is InChI=1S/C21H28N2O2S/c1-3-21(24)9-5-7-16-12-23(14-19(16)21)13-18-11-22-20(26-18)15-6-4-8-17(10-15)25-2/h4,6,8,10-11,16,19,24H,3,5,7,9,12-14H2,1-2H3/t16-,19+,21-/m0/s1. The van der Waals surface area contributed by atoms with Gasteiger partial charge in [-0.25, -0.2) is 4.98 Å². The molecular weight excluding hydrogens is 344 g/mol. The van der Waals surface area contributed by atoms with Gasteiger partial charge in [0.1, 0.15) is 10.8 Å². The topological polar surface area (TPSA) is 45.6 Å². The Morgan fingerprint density at radius 1 is 1.38 bits per heavy atom. The van der Waals surface area contributed by atoms with Gasteiger partial charge in [0, 0.05) is 42.2 Å². The fraction of sp³-hybridized carbons (Fsp3) is 0.571. The minimum Gasteiger partial charge on any atom is -0.497 e. The lowest BCUT2D eigenvalue weighted by Gasteiger charge is -2.40. The number of aliphatic hydroxyl groups is 1. The van der Waals surface area contributed by atoms with Gasteiger partial charge >= 0.3 is 0 Å². The summed E-state index contributed by atoms with van der Waals surface area (Å²) in [5, 5.41) is 12.0. The van der Waals surface area contributed by atoms with Crippen LogP contribution in [0.2, 0.25) is 0 Å². The number of hydrogen-bond donors (Lipinski definition) is 1. The number of rotatable bonds is 5. The van der Waals surface area contributed by atoms with Crippen LogP contribution in [-0.2, 0) is 6.54 Å². The summed E-state index contributed by atoms with van der Waals surface area (Å²) in [6, 6.07) is 8.08. The van der Waals surface area contributed by atoms with Gasteiger partial charge in [-0.1, -0.05) is 25.5 Å². The third-order valence-corrected chi connectivity index (χ3v) is 7.28. The third kappa shape index (κ3) is 3.40. The monoisotopic (exact) mass is 372 g/mol. The fourth-order valence-corrected chi connectivity index (χ4v) is 5.73. The number of fused-ring (bicyclic) bond motifs is 1. The number of thiazole rings is 1. The van der Waals surface area contributed by atoms with Gasteiger partial charge < -0.3 is 9.84 Å². The predicted molar refractivity (Wildman–Crippen MR) is 105 cm³/mol. The van der Waals surface area contributed by atoms with E-state index in [-0.39, 0.29) is 0 Å². The summed E-state index contributed by atoms with van der Waals surface area (Å²) in [5.41, 5.74) is 0.660. The van der Waals surface area contributed by atoms with Gasteiger partial charge in [0.15, 0.2) is 0 Å². The zero-order valence-electron chi connectivity index (χ0n) is 15.6. The van der Waals surface area contributed by atoms with Gasteiger partial charge in [0.05, 0.1) is 12.7 Å². The summed E-state index contributed by atoms with van der Waals surface area (Å²) in [4.78, 5) is 8.44. The van der Waals surface area contributed by atoms with Crippen LogP contribution in [0, 0.1) is 11.8 Å². The van der Waals surface area contributed by atoms with Crippen LogP contribution in [-0.4, -0.2) is 40.8 Å². The molecule has 0 spiro atoms. The van der Waals surface area contributed by atoms with Crippen LogP contribution in [0.25, 0.3) is 10.6 Å². The highest BCUT2D eigenvalue weighted by Gasteiger charge is 2.47. The predicted octanol–water partition coefficient (Wildman–Crippen LogP) is 4.19. The molecule has 4 rings (SSSR count). The van der Waals surface area contributed by atoms with Crippen molar-refractivity contribution in [3.8, 4) is 16.3 Å². The van der Waals surface area contributed by atoms with E-state index in [1.54, 1.807) is 18.4 Å². The Bertz CT molecular complexity index is 762. The number of methoxy groups -OCH3 is 1. The minimum atomic E-state index is -0.447. The van der Waals surface area contributed by atoms with Crippen LogP contribution < -0.4 is 4.74 Å². The third-order valence-electron chi connectivity index (χ3n) is 6.25. The molecule has 140 valence electrons. The van der Waals surface area contributed by atoms with Crippen molar-refractivity contribution in [2.75, 3.05) is 20.2 Å². The molecule has 2 aliphatic rings. The molecule has 5 heteroatoms. The van der Waals surface area contributed by atoms with E-state index in [0.29, 0.717) is 11.8 Å². The molecule has 1 saturated carbocycles. The molecule has 0 bridgehead atoms. The SMILES string of the molecule is CC[C@]1(O)CCC[C@H]2CN(Cc3cnc(-c4cccc(OC)c4)s3)C[C@H]21. The maximum Gasteiger partial charge on any atom is 0.123 e. The van der Waals surface area contributed by atoms with Crippen molar-refractivity contribution in [2.45, 2.75) is 44.8 Å². The van der Waals surface area contributed by atoms with Crippen molar-refractivity contribution in [2.24, 2.45) is 11.8 Å². The minimum absolute atomic E-state index is 0.437. The molecule has 1 saturated heterocycles. The average Bonchev–Trinajstić information content (AvgIpc) is 3.30. The highest BCUT2D eigenvalue weighted by atomic mass is 32.1. The van der Waals surface area contributed by atoms with Gasteiger partial charge in [-0.2, -0.15) is 0 Å². The Balaban J connectivity index is 1.45. The Labute approximate surface area is 159 Å². The molecule has 1 aliphatic heterocycles. The Kier molecular flexibility index (Phi) is 5.04. The van der Waals surface area contributed by atoms with Crippen LogP contribution >= 0.6 is 11.3 Å². The lowest BCUT2D eigenvalue weighted by Crippen LogP contribution is -2.44. The van der Waals surface area contributed by atoms with Crippen molar-refractivity contribution in [1.82, 2.24) is 9.88 Å². The van der Waals surface area contributed by atoms with E-state index in [1.165, 1.54) is 17.7 Å². The molecule has 1 aliphatic carbocycles. The summed E-state index contributed by atoms with van der Waals surface area (Å²) in [5.74, 6) is 1.95. The Morgan fingerprint density at radius 3 is 3.08 bits per heavy atom. The van der Waals surface area contributed by atoms with E-state index in [1.807, 2.05) is 24.4 Å². The molecule has 3 atom stereocenters. The van der Waals surface area contributed by atoms with Gasteiger partial charge in [-0.15, -0.1) is 11.3 Å². The first-order valence-corrected chi connectivity index (χ1v) is 10.5. The zero-order valence-corrected chi connectivity index (χ0v) is 16.5. The highest BCUT2D eigenvalue weighted by molar-refractivity contribution is 7.15. The molecule has 0 unspecified atom stereocenters. The molecule has 1 aromatic carbocycles. The van der Waals surface area contributed by atoms with Crippen LogP contribution in [0.1, 0.15) is 37.5 Å². The van der Waals surface area contributed by atoms with E-state index in [2.05, 4.69) is 22.9 Å². The molecule has 2 aromatic rings. The van der Waals surface area contributed by atoms with E-state index < -0.39 is 5.60 Å². The smallest absolute Gasteiger partial charge is 0.123 e. The van der Waals surface area contributed by atoms with Crippen molar-refractivity contribution < 1.29 is 9.84 Å². The van der Waals surface area contributed by atoms with Crippen molar-refractivity contribution >= 4 is 11.3 Å². The van der Waals surface area contributed by atoms with Gasteiger partial charge in [-0.3, -0.25) is 4.90 Å². The molecule has 1 aromatic heterocycles. The van der Waals surface area contributed by atoms with Crippen LogP contribution in [0.3, 0.4) is 0 Å². The van der Waals surface area contributed by atoms with E-state index in [9.17, 15) is 5.11 Å². The second kappa shape index (κ2) is 7.29. The van der Waals surface area contributed by atoms with Crippen molar-refractivity contribution in [3.05, 3.63) is 35.3 Å². The first-order chi connectivity index (χ1) is 12.6. The molecule has 0 amide bonds. The van der Waals surface area contributed by atoms with Gasteiger partial charge in [-0.05, 0) is 37.3 Å².